The van der Waals surface area contributed by atoms with Crippen LogP contribution in [0.2, 0.25) is 0 Å². The van der Waals surface area contributed by atoms with Gasteiger partial charge in [-0.15, -0.1) is 0 Å². The largest absolute Gasteiger partial charge is 0.464 e. The molecule has 200 valence electrons. The van der Waals surface area contributed by atoms with Gasteiger partial charge in [0, 0.05) is 6.42 Å². The van der Waals surface area contributed by atoms with Crippen molar-refractivity contribution in [1.82, 2.24) is 5.23 Å². The number of carbonyl (C=O) groups is 3. The molecule has 0 spiro atoms. The van der Waals surface area contributed by atoms with E-state index in [1.807, 2.05) is 0 Å². The van der Waals surface area contributed by atoms with Crippen LogP contribution < -0.4 is 0 Å². The summed E-state index contributed by atoms with van der Waals surface area (Å²) < 4.78 is 22.7. The van der Waals surface area contributed by atoms with Gasteiger partial charge in [0.05, 0.1) is 38.3 Å². The van der Waals surface area contributed by atoms with E-state index in [2.05, 4.69) is 20.8 Å². The zero-order valence-electron chi connectivity index (χ0n) is 21.8. The molecule has 0 aromatic carbocycles. The maximum Gasteiger partial charge on any atom is 0.337 e. The fraction of sp³-hybridized carbons (Fsp3) is 0.880. The molecule has 35 heavy (non-hydrogen) atoms. The van der Waals surface area contributed by atoms with Gasteiger partial charge in [-0.25, -0.2) is 9.59 Å². The lowest BCUT2D eigenvalue weighted by molar-refractivity contribution is -0.393. The van der Waals surface area contributed by atoms with Crippen LogP contribution in [0, 0.1) is 23.7 Å². The zero-order valence-corrected chi connectivity index (χ0v) is 21.8. The molecule has 3 rings (SSSR count). The Balaban J connectivity index is 1.97. The summed E-state index contributed by atoms with van der Waals surface area (Å²) in [7, 11) is 0. The van der Waals surface area contributed by atoms with Gasteiger partial charge in [-0.2, -0.15) is 0 Å². The number of ether oxygens (including phenoxy) is 4. The first-order valence-electron chi connectivity index (χ1n) is 13.0. The predicted molar refractivity (Wildman–Crippen MR) is 123 cm³/mol. The molecule has 0 unspecified atom stereocenters. The first-order chi connectivity index (χ1) is 16.7. The summed E-state index contributed by atoms with van der Waals surface area (Å²) >= 11 is 0. The number of cyclic esters (lactones) is 1. The van der Waals surface area contributed by atoms with Crippen LogP contribution in [0.25, 0.3) is 0 Å². The highest BCUT2D eigenvalue weighted by Crippen LogP contribution is 2.47. The minimum atomic E-state index is -1.62. The van der Waals surface area contributed by atoms with Crippen LogP contribution in [-0.4, -0.2) is 67.0 Å². The van der Waals surface area contributed by atoms with E-state index in [0.717, 1.165) is 24.5 Å². The molecule has 0 N–H and O–H groups in total. The van der Waals surface area contributed by atoms with E-state index < -0.39 is 41.8 Å². The number of hydroxylamine groups is 2. The van der Waals surface area contributed by atoms with Gasteiger partial charge in [-0.05, 0) is 56.6 Å². The SMILES string of the molecule is CCOC(=O)[C@H]1C[C@](C(=O)OCC)([C@@H]2CC(=O)O[C@H]2O[C@@H]2C[C@H](C)CC[C@H]2C(C)C)N(OCC)O1. The van der Waals surface area contributed by atoms with E-state index >= 15 is 0 Å². The third-order valence-electron chi connectivity index (χ3n) is 7.32. The second-order valence-electron chi connectivity index (χ2n) is 10.0. The Morgan fingerprint density at radius 1 is 1.11 bits per heavy atom. The van der Waals surface area contributed by atoms with Gasteiger partial charge in [0.2, 0.25) is 6.29 Å². The maximum atomic E-state index is 13.5. The summed E-state index contributed by atoms with van der Waals surface area (Å²) in [6.45, 7) is 12.1. The van der Waals surface area contributed by atoms with Crippen molar-refractivity contribution in [3.63, 3.8) is 0 Å². The Kier molecular flexibility index (Phi) is 9.53. The fourth-order valence-corrected chi connectivity index (χ4v) is 5.58. The Labute approximate surface area is 207 Å². The van der Waals surface area contributed by atoms with Crippen LogP contribution in [0.4, 0.5) is 0 Å². The minimum Gasteiger partial charge on any atom is -0.464 e. The molecule has 2 saturated heterocycles. The average molecular weight is 500 g/mol. The van der Waals surface area contributed by atoms with Gasteiger partial charge in [0.25, 0.3) is 0 Å². The first-order valence-corrected chi connectivity index (χ1v) is 13.0. The number of nitrogens with zero attached hydrogens (tertiary/aromatic N) is 1. The normalized spacial score (nSPS) is 35.8. The molecule has 2 heterocycles. The Hall–Kier alpha value is -1.75. The molecule has 0 amide bonds. The summed E-state index contributed by atoms with van der Waals surface area (Å²) in [4.78, 5) is 50.2. The Morgan fingerprint density at radius 3 is 2.46 bits per heavy atom. The topological polar surface area (TPSA) is 110 Å². The summed E-state index contributed by atoms with van der Waals surface area (Å²) in [5.74, 6) is -1.38. The molecule has 0 radical (unpaired) electrons. The number of hydrogen-bond acceptors (Lipinski definition) is 10. The van der Waals surface area contributed by atoms with E-state index in [-0.39, 0.29) is 38.8 Å². The number of hydrogen-bond donors (Lipinski definition) is 0. The molecule has 1 saturated carbocycles. The highest BCUT2D eigenvalue weighted by atomic mass is 17.0. The van der Waals surface area contributed by atoms with Crippen LogP contribution in [-0.2, 0) is 43.0 Å². The second-order valence-corrected chi connectivity index (χ2v) is 10.0. The van der Waals surface area contributed by atoms with Crippen molar-refractivity contribution in [2.75, 3.05) is 19.8 Å². The van der Waals surface area contributed by atoms with Crippen LogP contribution in [0.5, 0.6) is 0 Å². The van der Waals surface area contributed by atoms with Crippen LogP contribution >= 0.6 is 0 Å². The molecule has 1 aliphatic carbocycles. The van der Waals surface area contributed by atoms with Gasteiger partial charge in [0.1, 0.15) is 0 Å². The van der Waals surface area contributed by atoms with Crippen LogP contribution in [0.1, 0.15) is 73.6 Å². The van der Waals surface area contributed by atoms with E-state index in [1.165, 1.54) is 0 Å². The molecular weight excluding hydrogens is 458 g/mol. The zero-order chi connectivity index (χ0) is 25.8. The second kappa shape index (κ2) is 12.0. The fourth-order valence-electron chi connectivity index (χ4n) is 5.58. The summed E-state index contributed by atoms with van der Waals surface area (Å²) in [6, 6.07) is 0. The quantitative estimate of drug-likeness (QED) is 0.328. The van der Waals surface area contributed by atoms with Crippen molar-refractivity contribution in [1.29, 1.82) is 0 Å². The third-order valence-corrected chi connectivity index (χ3v) is 7.32. The van der Waals surface area contributed by atoms with Crippen molar-refractivity contribution < 1.29 is 43.0 Å². The Bertz CT molecular complexity index is 759. The molecule has 7 atom stereocenters. The molecule has 10 heteroatoms. The van der Waals surface area contributed by atoms with Gasteiger partial charge in [-0.1, -0.05) is 27.2 Å². The molecule has 0 aromatic rings. The van der Waals surface area contributed by atoms with E-state index in [1.54, 1.807) is 20.8 Å². The number of carbonyl (C=O) groups excluding carboxylic acids is 3. The summed E-state index contributed by atoms with van der Waals surface area (Å²) in [6.07, 6.45) is 0.554. The van der Waals surface area contributed by atoms with Gasteiger partial charge in [-0.3, -0.25) is 14.5 Å². The first kappa shape index (κ1) is 27.8. The smallest absolute Gasteiger partial charge is 0.337 e. The lowest BCUT2D eigenvalue weighted by atomic mass is 9.75. The van der Waals surface area contributed by atoms with Crippen molar-refractivity contribution in [2.24, 2.45) is 23.7 Å². The molecule has 3 fully saturated rings. The van der Waals surface area contributed by atoms with Crippen molar-refractivity contribution >= 4 is 17.9 Å². The van der Waals surface area contributed by atoms with Crippen molar-refractivity contribution in [3.05, 3.63) is 0 Å². The highest BCUT2D eigenvalue weighted by molar-refractivity contribution is 5.86. The number of esters is 3. The molecular formula is C25H41NO9. The van der Waals surface area contributed by atoms with Gasteiger partial charge in [0.15, 0.2) is 11.6 Å². The molecule has 3 aliphatic rings. The maximum absolute atomic E-state index is 13.5. The molecule has 10 nitrogen and oxygen atoms in total. The monoisotopic (exact) mass is 499 g/mol. The molecule has 0 aromatic heterocycles. The molecule has 0 bridgehead atoms. The standard InChI is InChI=1S/C25H41NO9/c1-7-30-22(28)20-14-25(24(29)31-8-2,26(35-20)32-9-3)18-13-21(27)34-23(18)33-19-12-16(6)10-11-17(19)15(4)5/h15-20,23H,7-14H2,1-6H3/t16-,17+,18-,19-,20-,23-,25-/m1/s1. The van der Waals surface area contributed by atoms with Crippen LogP contribution in [0.3, 0.4) is 0 Å². The van der Waals surface area contributed by atoms with Crippen LogP contribution in [0.15, 0.2) is 0 Å². The highest BCUT2D eigenvalue weighted by Gasteiger charge is 2.66. The third kappa shape index (κ3) is 5.81. The summed E-state index contributed by atoms with van der Waals surface area (Å²) in [5.41, 5.74) is -1.62. The van der Waals surface area contributed by atoms with Gasteiger partial charge < -0.3 is 18.9 Å². The molecule has 2 aliphatic heterocycles. The van der Waals surface area contributed by atoms with Crippen molar-refractivity contribution in [2.45, 2.75) is 97.7 Å². The van der Waals surface area contributed by atoms with Crippen molar-refractivity contribution in [3.8, 4) is 0 Å². The predicted octanol–water partition coefficient (Wildman–Crippen LogP) is 3.18. The Morgan fingerprint density at radius 2 is 1.83 bits per heavy atom. The van der Waals surface area contributed by atoms with E-state index in [4.69, 9.17) is 28.6 Å². The minimum absolute atomic E-state index is 0.0966. The van der Waals surface area contributed by atoms with E-state index in [9.17, 15) is 14.4 Å². The summed E-state index contributed by atoms with van der Waals surface area (Å²) in [5, 5.41) is 1.03. The lowest BCUT2D eigenvalue weighted by Gasteiger charge is -2.41. The van der Waals surface area contributed by atoms with E-state index in [0.29, 0.717) is 17.8 Å². The average Bonchev–Trinajstić information content (AvgIpc) is 3.35. The number of rotatable bonds is 10. The lowest BCUT2D eigenvalue weighted by Crippen LogP contribution is -2.59. The van der Waals surface area contributed by atoms with Gasteiger partial charge >= 0.3 is 17.9 Å².